The first-order chi connectivity index (χ1) is 9.49. The molecule has 0 spiro atoms. The molecule has 0 radical (unpaired) electrons. The maximum atomic E-state index is 10.6. The molecule has 1 unspecified atom stereocenters. The van der Waals surface area contributed by atoms with Crippen molar-refractivity contribution >= 4 is 27.5 Å². The highest BCUT2D eigenvalue weighted by Crippen LogP contribution is 2.34. The summed E-state index contributed by atoms with van der Waals surface area (Å²) in [5, 5.41) is 11.1. The predicted octanol–water partition coefficient (Wildman–Crippen LogP) is 4.97. The fourth-order valence-corrected chi connectivity index (χ4v) is 2.74. The lowest BCUT2D eigenvalue weighted by Crippen LogP contribution is -2.10. The van der Waals surface area contributed by atoms with Gasteiger partial charge in [0.1, 0.15) is 11.9 Å². The lowest BCUT2D eigenvalue weighted by molar-refractivity contribution is 0.198. The van der Waals surface area contributed by atoms with E-state index in [9.17, 15) is 5.11 Å². The van der Waals surface area contributed by atoms with E-state index >= 15 is 0 Å². The quantitative estimate of drug-likeness (QED) is 0.839. The van der Waals surface area contributed by atoms with Gasteiger partial charge in [-0.3, -0.25) is 0 Å². The van der Waals surface area contributed by atoms with Gasteiger partial charge in [0, 0.05) is 20.6 Å². The first kappa shape index (κ1) is 15.4. The predicted molar refractivity (Wildman–Crippen MR) is 85.4 cm³/mol. The molecule has 1 N–H and O–H groups in total. The van der Waals surface area contributed by atoms with Crippen LogP contribution < -0.4 is 4.74 Å². The molecule has 0 saturated carbocycles. The smallest absolute Gasteiger partial charge is 0.125 e. The summed E-state index contributed by atoms with van der Waals surface area (Å²) in [4.78, 5) is 0. The molecule has 2 nitrogen and oxygen atoms in total. The Morgan fingerprint density at radius 3 is 2.45 bits per heavy atom. The van der Waals surface area contributed by atoms with Crippen LogP contribution >= 0.6 is 27.5 Å². The van der Waals surface area contributed by atoms with Crippen LogP contribution in [-0.2, 0) is 0 Å². The van der Waals surface area contributed by atoms with Crippen LogP contribution in [0.15, 0.2) is 46.9 Å². The minimum absolute atomic E-state index is 0.0451. The average molecular weight is 356 g/mol. The van der Waals surface area contributed by atoms with Crippen molar-refractivity contribution in [1.82, 2.24) is 0 Å². The maximum absolute atomic E-state index is 10.6. The number of ether oxygens (including phenoxy) is 1. The molecule has 0 aliphatic rings. The van der Waals surface area contributed by atoms with Gasteiger partial charge in [-0.1, -0.05) is 51.8 Å². The van der Waals surface area contributed by atoms with Crippen LogP contribution in [0.1, 0.15) is 31.1 Å². The van der Waals surface area contributed by atoms with Crippen LogP contribution in [0.25, 0.3) is 0 Å². The number of benzene rings is 2. The van der Waals surface area contributed by atoms with Crippen molar-refractivity contribution in [2.75, 3.05) is 0 Å². The van der Waals surface area contributed by atoms with Crippen molar-refractivity contribution in [3.8, 4) is 5.75 Å². The van der Waals surface area contributed by atoms with Crippen molar-refractivity contribution in [2.24, 2.45) is 0 Å². The Hall–Kier alpha value is -1.03. The maximum Gasteiger partial charge on any atom is 0.125 e. The number of rotatable bonds is 4. The SMILES string of the molecule is CC(C)Oc1ccccc1C(O)c1ccc(Br)cc1Cl. The van der Waals surface area contributed by atoms with E-state index in [2.05, 4.69) is 15.9 Å². The van der Waals surface area contributed by atoms with Crippen LogP contribution in [0.4, 0.5) is 0 Å². The lowest BCUT2D eigenvalue weighted by atomic mass is 10.0. The summed E-state index contributed by atoms with van der Waals surface area (Å²) < 4.78 is 6.62. The highest BCUT2D eigenvalue weighted by atomic mass is 79.9. The van der Waals surface area contributed by atoms with Crippen LogP contribution in [0, 0.1) is 0 Å². The van der Waals surface area contributed by atoms with Crippen molar-refractivity contribution in [1.29, 1.82) is 0 Å². The Morgan fingerprint density at radius 2 is 1.80 bits per heavy atom. The number of hydrogen-bond acceptors (Lipinski definition) is 2. The summed E-state index contributed by atoms with van der Waals surface area (Å²) in [5.74, 6) is 0.675. The molecule has 0 aromatic heterocycles. The molecule has 20 heavy (non-hydrogen) atoms. The molecule has 0 bridgehead atoms. The van der Waals surface area contributed by atoms with Crippen molar-refractivity contribution in [2.45, 2.75) is 26.1 Å². The minimum Gasteiger partial charge on any atom is -0.491 e. The van der Waals surface area contributed by atoms with Gasteiger partial charge in [0.2, 0.25) is 0 Å². The van der Waals surface area contributed by atoms with Gasteiger partial charge in [-0.25, -0.2) is 0 Å². The van der Waals surface area contributed by atoms with Gasteiger partial charge in [-0.2, -0.15) is 0 Å². The van der Waals surface area contributed by atoms with Gasteiger partial charge in [-0.15, -0.1) is 0 Å². The summed E-state index contributed by atoms with van der Waals surface area (Å²) in [7, 11) is 0. The van der Waals surface area contributed by atoms with Crippen LogP contribution in [-0.4, -0.2) is 11.2 Å². The van der Waals surface area contributed by atoms with E-state index in [1.807, 2.05) is 50.2 Å². The molecule has 2 rings (SSSR count). The Morgan fingerprint density at radius 1 is 1.10 bits per heavy atom. The molecular formula is C16H16BrClO2. The first-order valence-corrected chi connectivity index (χ1v) is 7.54. The van der Waals surface area contributed by atoms with E-state index < -0.39 is 6.10 Å². The van der Waals surface area contributed by atoms with Crippen molar-refractivity contribution in [3.05, 3.63) is 63.1 Å². The average Bonchev–Trinajstić information content (AvgIpc) is 2.38. The zero-order valence-electron chi connectivity index (χ0n) is 11.3. The second kappa shape index (κ2) is 6.61. The Labute approximate surface area is 132 Å². The first-order valence-electron chi connectivity index (χ1n) is 6.37. The number of para-hydroxylation sites is 1. The number of hydrogen-bond donors (Lipinski definition) is 1. The van der Waals surface area contributed by atoms with E-state index in [-0.39, 0.29) is 6.10 Å². The fraction of sp³-hybridized carbons (Fsp3) is 0.250. The Kier molecular flexibility index (Phi) is 5.08. The van der Waals surface area contributed by atoms with Gasteiger partial charge >= 0.3 is 0 Å². The van der Waals surface area contributed by atoms with Crippen LogP contribution in [0.3, 0.4) is 0 Å². The third-order valence-corrected chi connectivity index (χ3v) is 3.65. The second-order valence-electron chi connectivity index (χ2n) is 4.77. The molecule has 106 valence electrons. The Bertz CT molecular complexity index is 599. The molecule has 0 amide bonds. The molecule has 0 heterocycles. The van der Waals surface area contributed by atoms with Crippen molar-refractivity contribution < 1.29 is 9.84 Å². The largest absolute Gasteiger partial charge is 0.491 e. The molecule has 2 aromatic carbocycles. The second-order valence-corrected chi connectivity index (χ2v) is 6.10. The van der Waals surface area contributed by atoms with E-state index in [0.717, 1.165) is 4.47 Å². The molecule has 1 atom stereocenters. The summed E-state index contributed by atoms with van der Waals surface area (Å²) in [5.41, 5.74) is 1.38. The Balaban J connectivity index is 2.40. The molecule has 0 saturated heterocycles. The molecule has 4 heteroatoms. The highest BCUT2D eigenvalue weighted by molar-refractivity contribution is 9.10. The van der Waals surface area contributed by atoms with Crippen LogP contribution in [0.2, 0.25) is 5.02 Å². The summed E-state index contributed by atoms with van der Waals surface area (Å²) in [6, 6.07) is 12.9. The van der Waals surface area contributed by atoms with Gasteiger partial charge in [0.25, 0.3) is 0 Å². The zero-order valence-corrected chi connectivity index (χ0v) is 13.6. The summed E-state index contributed by atoms with van der Waals surface area (Å²) >= 11 is 9.56. The summed E-state index contributed by atoms with van der Waals surface area (Å²) in [6.07, 6.45) is -0.769. The standard InChI is InChI=1S/C16H16BrClO2/c1-10(2)20-15-6-4-3-5-13(15)16(19)12-8-7-11(17)9-14(12)18/h3-10,16,19H,1-2H3. The van der Waals surface area contributed by atoms with E-state index in [1.54, 1.807) is 6.07 Å². The normalized spacial score (nSPS) is 12.5. The molecule has 0 fully saturated rings. The number of aliphatic hydroxyl groups excluding tert-OH is 1. The molecular weight excluding hydrogens is 340 g/mol. The molecule has 0 aliphatic heterocycles. The topological polar surface area (TPSA) is 29.5 Å². The molecule has 2 aromatic rings. The number of aliphatic hydroxyl groups is 1. The third kappa shape index (κ3) is 3.54. The van der Waals surface area contributed by atoms with Gasteiger partial charge < -0.3 is 9.84 Å². The van der Waals surface area contributed by atoms with Crippen molar-refractivity contribution in [3.63, 3.8) is 0 Å². The van der Waals surface area contributed by atoms with Gasteiger partial charge in [0.05, 0.1) is 6.10 Å². The van der Waals surface area contributed by atoms with Crippen LogP contribution in [0.5, 0.6) is 5.75 Å². The minimum atomic E-state index is -0.814. The fourth-order valence-electron chi connectivity index (χ4n) is 1.96. The van der Waals surface area contributed by atoms with E-state index in [1.165, 1.54) is 0 Å². The zero-order chi connectivity index (χ0) is 14.7. The number of halogens is 2. The van der Waals surface area contributed by atoms with E-state index in [4.69, 9.17) is 16.3 Å². The van der Waals surface area contributed by atoms with E-state index in [0.29, 0.717) is 21.9 Å². The van der Waals surface area contributed by atoms with Gasteiger partial charge in [0.15, 0.2) is 0 Å². The lowest BCUT2D eigenvalue weighted by Gasteiger charge is -2.19. The highest BCUT2D eigenvalue weighted by Gasteiger charge is 2.18. The van der Waals surface area contributed by atoms with Gasteiger partial charge in [-0.05, 0) is 32.0 Å². The monoisotopic (exact) mass is 354 g/mol. The third-order valence-electron chi connectivity index (χ3n) is 2.83. The summed E-state index contributed by atoms with van der Waals surface area (Å²) in [6.45, 7) is 3.91. The molecule has 0 aliphatic carbocycles.